The fourth-order valence-electron chi connectivity index (χ4n) is 3.76. The first-order valence-corrected chi connectivity index (χ1v) is 11.5. The fourth-order valence-corrected chi connectivity index (χ4v) is 3.76. The molecule has 9 heteroatoms. The van der Waals surface area contributed by atoms with Gasteiger partial charge in [-0.2, -0.15) is 13.2 Å². The number of aromatic nitrogens is 2. The number of halogens is 3. The number of hydrogen-bond acceptors (Lipinski definition) is 4. The maximum atomic E-state index is 13.2. The summed E-state index contributed by atoms with van der Waals surface area (Å²) in [5.74, 6) is 6.81. The Hall–Kier alpha value is -2.83. The lowest BCUT2D eigenvalue weighted by atomic mass is 10.1. The SMILES string of the molecule is CN=CN(CC#CCN1CCN(C)CC1)Cc1ccc(-c2nc(C(F)(F)F)cn2C(C)C)cc1. The summed E-state index contributed by atoms with van der Waals surface area (Å²) in [6, 6.07) is 7.32. The molecule has 0 atom stereocenters. The predicted octanol–water partition coefficient (Wildman–Crippen LogP) is 3.86. The van der Waals surface area contributed by atoms with Crippen molar-refractivity contribution in [1.82, 2.24) is 24.3 Å². The van der Waals surface area contributed by atoms with E-state index < -0.39 is 11.9 Å². The normalized spacial score (nSPS) is 15.6. The van der Waals surface area contributed by atoms with Crippen molar-refractivity contribution >= 4 is 6.34 Å². The minimum atomic E-state index is -4.47. The summed E-state index contributed by atoms with van der Waals surface area (Å²) >= 11 is 0. The molecule has 0 amide bonds. The minimum Gasteiger partial charge on any atom is -0.347 e. The van der Waals surface area contributed by atoms with Crippen LogP contribution in [-0.4, -0.2) is 84.0 Å². The van der Waals surface area contributed by atoms with Crippen LogP contribution >= 0.6 is 0 Å². The molecule has 3 rings (SSSR count). The molecule has 0 aliphatic carbocycles. The Morgan fingerprint density at radius 3 is 2.38 bits per heavy atom. The van der Waals surface area contributed by atoms with Gasteiger partial charge in [0.1, 0.15) is 5.82 Å². The zero-order chi connectivity index (χ0) is 24.7. The minimum absolute atomic E-state index is 0.140. The van der Waals surface area contributed by atoms with Crippen molar-refractivity contribution < 1.29 is 13.2 Å². The van der Waals surface area contributed by atoms with Crippen LogP contribution in [0.3, 0.4) is 0 Å². The molecule has 1 aliphatic heterocycles. The summed E-state index contributed by atoms with van der Waals surface area (Å²) in [4.78, 5) is 14.7. The topological polar surface area (TPSA) is 39.9 Å². The van der Waals surface area contributed by atoms with Crippen LogP contribution in [0, 0.1) is 11.8 Å². The highest BCUT2D eigenvalue weighted by Crippen LogP contribution is 2.32. The lowest BCUT2D eigenvalue weighted by Gasteiger charge is -2.30. The number of alkyl halides is 3. The zero-order valence-electron chi connectivity index (χ0n) is 20.3. The van der Waals surface area contributed by atoms with E-state index in [9.17, 15) is 13.2 Å². The van der Waals surface area contributed by atoms with Crippen molar-refractivity contribution in [1.29, 1.82) is 0 Å². The van der Waals surface area contributed by atoms with Crippen molar-refractivity contribution in [3.05, 3.63) is 41.7 Å². The van der Waals surface area contributed by atoms with Crippen LogP contribution in [0.5, 0.6) is 0 Å². The molecular weight excluding hydrogens is 441 g/mol. The molecule has 1 fully saturated rings. The van der Waals surface area contributed by atoms with Gasteiger partial charge in [0.25, 0.3) is 0 Å². The van der Waals surface area contributed by atoms with Gasteiger partial charge in [-0.15, -0.1) is 0 Å². The first-order chi connectivity index (χ1) is 16.2. The van der Waals surface area contributed by atoms with Gasteiger partial charge in [-0.25, -0.2) is 4.98 Å². The first kappa shape index (κ1) is 25.8. The van der Waals surface area contributed by atoms with Crippen LogP contribution in [0.15, 0.2) is 35.5 Å². The molecule has 6 nitrogen and oxygen atoms in total. The van der Waals surface area contributed by atoms with E-state index in [2.05, 4.69) is 38.7 Å². The van der Waals surface area contributed by atoms with Crippen LogP contribution < -0.4 is 0 Å². The second-order valence-corrected chi connectivity index (χ2v) is 8.86. The summed E-state index contributed by atoms with van der Waals surface area (Å²) in [5.41, 5.74) is 0.791. The van der Waals surface area contributed by atoms with Crippen molar-refractivity contribution in [2.24, 2.45) is 4.99 Å². The van der Waals surface area contributed by atoms with Crippen LogP contribution in [0.25, 0.3) is 11.4 Å². The van der Waals surface area contributed by atoms with Gasteiger partial charge < -0.3 is 14.4 Å². The molecule has 34 heavy (non-hydrogen) atoms. The Morgan fingerprint density at radius 1 is 1.12 bits per heavy atom. The summed E-state index contributed by atoms with van der Waals surface area (Å²) in [6.07, 6.45) is -1.63. The molecule has 1 saturated heterocycles. The molecular formula is C25H33F3N6. The molecule has 1 aromatic heterocycles. The monoisotopic (exact) mass is 474 g/mol. The summed E-state index contributed by atoms with van der Waals surface area (Å²) in [6.45, 7) is 9.82. The Labute approximate surface area is 200 Å². The Bertz CT molecular complexity index is 1010. The van der Waals surface area contributed by atoms with Crippen molar-refractivity contribution in [3.63, 3.8) is 0 Å². The van der Waals surface area contributed by atoms with Gasteiger partial charge in [0.05, 0.1) is 19.4 Å². The van der Waals surface area contributed by atoms with E-state index in [1.807, 2.05) is 43.0 Å². The van der Waals surface area contributed by atoms with Crippen LogP contribution in [-0.2, 0) is 12.7 Å². The first-order valence-electron chi connectivity index (χ1n) is 11.5. The van der Waals surface area contributed by atoms with E-state index >= 15 is 0 Å². The molecule has 0 bridgehead atoms. The van der Waals surface area contributed by atoms with Crippen molar-refractivity contribution in [2.75, 3.05) is 53.4 Å². The Morgan fingerprint density at radius 2 is 1.79 bits per heavy atom. The van der Waals surface area contributed by atoms with Crippen LogP contribution in [0.1, 0.15) is 31.1 Å². The average Bonchev–Trinajstić information content (AvgIpc) is 3.25. The maximum absolute atomic E-state index is 13.2. The van der Waals surface area contributed by atoms with Gasteiger partial charge in [-0.3, -0.25) is 9.89 Å². The molecule has 0 unspecified atom stereocenters. The van der Waals surface area contributed by atoms with E-state index in [0.717, 1.165) is 44.5 Å². The standard InChI is InChI=1S/C25H33F3N6/c1-20(2)34-18-23(25(26,27)28)30-24(34)22-9-7-21(8-10-22)17-33(19-29-3)12-6-5-11-32-15-13-31(4)14-16-32/h7-10,18-20H,11-17H2,1-4H3. The Balaban J connectivity index is 1.64. The third-order valence-electron chi connectivity index (χ3n) is 5.76. The molecule has 0 N–H and O–H groups in total. The van der Waals surface area contributed by atoms with E-state index in [-0.39, 0.29) is 6.04 Å². The maximum Gasteiger partial charge on any atom is 0.434 e. The summed E-state index contributed by atoms with van der Waals surface area (Å²) in [7, 11) is 3.85. The molecule has 0 spiro atoms. The van der Waals surface area contributed by atoms with Crippen molar-refractivity contribution in [2.45, 2.75) is 32.6 Å². The molecule has 1 aliphatic rings. The zero-order valence-corrected chi connectivity index (χ0v) is 20.3. The van der Waals surface area contributed by atoms with Gasteiger partial charge in [-0.05, 0) is 26.5 Å². The quantitative estimate of drug-likeness (QED) is 0.347. The van der Waals surface area contributed by atoms with Gasteiger partial charge in [0.15, 0.2) is 5.69 Å². The second kappa shape index (κ2) is 11.5. The summed E-state index contributed by atoms with van der Waals surface area (Å²) in [5, 5.41) is 0. The molecule has 1 aromatic carbocycles. The van der Waals surface area contributed by atoms with Crippen LogP contribution in [0.4, 0.5) is 13.2 Å². The van der Waals surface area contributed by atoms with Gasteiger partial charge in [0.2, 0.25) is 0 Å². The highest BCUT2D eigenvalue weighted by Gasteiger charge is 2.35. The number of aliphatic imine (C=N–C) groups is 1. The molecule has 184 valence electrons. The molecule has 0 saturated carbocycles. The van der Waals surface area contributed by atoms with E-state index in [4.69, 9.17) is 0 Å². The highest BCUT2D eigenvalue weighted by atomic mass is 19.4. The van der Waals surface area contributed by atoms with Gasteiger partial charge in [0, 0.05) is 57.6 Å². The number of hydrogen-bond donors (Lipinski definition) is 0. The lowest BCUT2D eigenvalue weighted by Crippen LogP contribution is -2.44. The van der Waals surface area contributed by atoms with E-state index in [1.54, 1.807) is 18.0 Å². The number of imidazole rings is 1. The van der Waals surface area contributed by atoms with Gasteiger partial charge >= 0.3 is 6.18 Å². The second-order valence-electron chi connectivity index (χ2n) is 8.86. The highest BCUT2D eigenvalue weighted by molar-refractivity contribution is 5.58. The van der Waals surface area contributed by atoms with Gasteiger partial charge in [-0.1, -0.05) is 36.1 Å². The summed E-state index contributed by atoms with van der Waals surface area (Å²) < 4.78 is 41.1. The molecule has 0 radical (unpaired) electrons. The smallest absolute Gasteiger partial charge is 0.347 e. The third kappa shape index (κ3) is 7.08. The number of nitrogens with zero attached hydrogens (tertiary/aromatic N) is 6. The molecule has 2 aromatic rings. The number of likely N-dealkylation sites (N-methyl/N-ethyl adjacent to an activating group) is 1. The predicted molar refractivity (Wildman–Crippen MR) is 130 cm³/mol. The molecule has 2 heterocycles. The fraction of sp³-hybridized carbons (Fsp3) is 0.520. The number of piperazine rings is 1. The number of rotatable bonds is 7. The lowest BCUT2D eigenvalue weighted by molar-refractivity contribution is -0.140. The van der Waals surface area contributed by atoms with Crippen LogP contribution in [0.2, 0.25) is 0 Å². The van der Waals surface area contributed by atoms with E-state index in [0.29, 0.717) is 24.5 Å². The number of benzene rings is 1. The third-order valence-corrected chi connectivity index (χ3v) is 5.76. The largest absolute Gasteiger partial charge is 0.434 e. The Kier molecular flexibility index (Phi) is 8.75. The van der Waals surface area contributed by atoms with Crippen molar-refractivity contribution in [3.8, 4) is 23.2 Å². The van der Waals surface area contributed by atoms with E-state index in [1.165, 1.54) is 0 Å². The average molecular weight is 475 g/mol.